The van der Waals surface area contributed by atoms with Gasteiger partial charge in [-0.3, -0.25) is 19.8 Å². The van der Waals surface area contributed by atoms with Gasteiger partial charge in [0.1, 0.15) is 5.70 Å². The van der Waals surface area contributed by atoms with Gasteiger partial charge in [0.25, 0.3) is 5.91 Å². The van der Waals surface area contributed by atoms with Gasteiger partial charge in [0.15, 0.2) is 16.6 Å². The predicted octanol–water partition coefficient (Wildman–Crippen LogP) is 1.02. The highest BCUT2D eigenvalue weighted by Gasteiger charge is 2.33. The van der Waals surface area contributed by atoms with Crippen LogP contribution in [0.2, 0.25) is 0 Å². The fourth-order valence-electron chi connectivity index (χ4n) is 2.03. The lowest BCUT2D eigenvalue weighted by Gasteiger charge is -2.12. The molecule has 3 rings (SSSR count). The monoisotopic (exact) mass is 290 g/mol. The van der Waals surface area contributed by atoms with Gasteiger partial charge in [-0.05, 0) is 36.0 Å². The van der Waals surface area contributed by atoms with Gasteiger partial charge < -0.3 is 9.47 Å². The maximum Gasteiger partial charge on any atom is 0.274 e. The van der Waals surface area contributed by atoms with Crippen LogP contribution < -0.4 is 14.8 Å². The van der Waals surface area contributed by atoms with Crippen LogP contribution in [0, 0.1) is 0 Å². The molecule has 0 aromatic heterocycles. The second-order valence-electron chi connectivity index (χ2n) is 4.26. The van der Waals surface area contributed by atoms with Crippen LogP contribution in [0.4, 0.5) is 0 Å². The molecule has 1 aromatic carbocycles. The minimum atomic E-state index is -0.400. The molecule has 1 fully saturated rings. The topological polar surface area (TPSA) is 67.9 Å². The summed E-state index contributed by atoms with van der Waals surface area (Å²) >= 11 is 4.95. The molecule has 0 radical (unpaired) electrons. The number of rotatable bonds is 1. The summed E-state index contributed by atoms with van der Waals surface area (Å²) in [6, 6.07) is 5.26. The van der Waals surface area contributed by atoms with Crippen LogP contribution in [0.3, 0.4) is 0 Å². The number of amides is 2. The number of carbonyl (C=O) groups is 2. The molecular weight excluding hydrogens is 280 g/mol. The van der Waals surface area contributed by atoms with Crippen molar-refractivity contribution >= 4 is 35.2 Å². The molecule has 102 valence electrons. The maximum absolute atomic E-state index is 11.8. The first kappa shape index (κ1) is 12.6. The number of carbonyl (C=O) groups excluding carboxylic acids is 2. The SMILES string of the molecule is CC(=O)N1C(=S)NC(=O)C1=Cc1ccc2c(c1)OCO2. The largest absolute Gasteiger partial charge is 0.454 e. The lowest BCUT2D eigenvalue weighted by atomic mass is 10.1. The lowest BCUT2D eigenvalue weighted by Crippen LogP contribution is -2.31. The van der Waals surface area contributed by atoms with Gasteiger partial charge in [-0.25, -0.2) is 0 Å². The van der Waals surface area contributed by atoms with Crippen molar-refractivity contribution in [3.8, 4) is 11.5 Å². The number of hydrogen-bond acceptors (Lipinski definition) is 5. The molecule has 0 bridgehead atoms. The van der Waals surface area contributed by atoms with E-state index in [4.69, 9.17) is 21.7 Å². The van der Waals surface area contributed by atoms with Gasteiger partial charge >= 0.3 is 0 Å². The number of benzene rings is 1. The van der Waals surface area contributed by atoms with Crippen LogP contribution in [0.5, 0.6) is 11.5 Å². The fourth-order valence-corrected chi connectivity index (χ4v) is 2.35. The highest BCUT2D eigenvalue weighted by atomic mass is 32.1. The fraction of sp³-hybridized carbons (Fsp3) is 0.154. The molecule has 20 heavy (non-hydrogen) atoms. The zero-order valence-corrected chi connectivity index (χ0v) is 11.3. The summed E-state index contributed by atoms with van der Waals surface area (Å²) < 4.78 is 10.5. The first-order valence-electron chi connectivity index (χ1n) is 5.83. The van der Waals surface area contributed by atoms with E-state index < -0.39 is 5.91 Å². The summed E-state index contributed by atoms with van der Waals surface area (Å²) in [5.41, 5.74) is 0.914. The van der Waals surface area contributed by atoms with E-state index in [0.29, 0.717) is 11.5 Å². The van der Waals surface area contributed by atoms with Gasteiger partial charge in [-0.15, -0.1) is 0 Å². The molecule has 0 atom stereocenters. The van der Waals surface area contributed by atoms with E-state index in [0.717, 1.165) is 5.56 Å². The van der Waals surface area contributed by atoms with Crippen LogP contribution in [-0.4, -0.2) is 28.6 Å². The third-order valence-electron chi connectivity index (χ3n) is 2.91. The zero-order valence-electron chi connectivity index (χ0n) is 10.5. The third-order valence-corrected chi connectivity index (χ3v) is 3.20. The number of thiocarbonyl (C=S) groups is 1. The molecule has 1 N–H and O–H groups in total. The number of nitrogens with one attached hydrogen (secondary N) is 1. The molecule has 1 saturated heterocycles. The molecule has 2 aliphatic rings. The van der Waals surface area contributed by atoms with Crippen molar-refractivity contribution in [2.24, 2.45) is 0 Å². The Morgan fingerprint density at radius 2 is 2.15 bits per heavy atom. The Bertz CT molecular complexity index is 668. The van der Waals surface area contributed by atoms with E-state index in [1.54, 1.807) is 24.3 Å². The van der Waals surface area contributed by atoms with Crippen LogP contribution >= 0.6 is 12.2 Å². The summed E-state index contributed by atoms with van der Waals surface area (Å²) in [4.78, 5) is 24.5. The van der Waals surface area contributed by atoms with E-state index in [2.05, 4.69) is 5.32 Å². The Kier molecular flexibility index (Phi) is 2.90. The summed E-state index contributed by atoms with van der Waals surface area (Å²) in [6.45, 7) is 1.53. The highest BCUT2D eigenvalue weighted by Crippen LogP contribution is 2.33. The molecule has 7 heteroatoms. The third kappa shape index (κ3) is 2.01. The van der Waals surface area contributed by atoms with E-state index in [1.807, 2.05) is 0 Å². The van der Waals surface area contributed by atoms with Crippen molar-refractivity contribution in [3.05, 3.63) is 29.5 Å². The molecule has 1 aromatic rings. The van der Waals surface area contributed by atoms with E-state index >= 15 is 0 Å². The highest BCUT2D eigenvalue weighted by molar-refractivity contribution is 7.80. The summed E-state index contributed by atoms with van der Waals surface area (Å²) in [7, 11) is 0. The smallest absolute Gasteiger partial charge is 0.274 e. The van der Waals surface area contributed by atoms with Crippen molar-refractivity contribution in [1.29, 1.82) is 0 Å². The number of ether oxygens (including phenoxy) is 2. The van der Waals surface area contributed by atoms with Crippen molar-refractivity contribution in [2.45, 2.75) is 6.92 Å². The van der Waals surface area contributed by atoms with Gasteiger partial charge in [0.05, 0.1) is 0 Å². The van der Waals surface area contributed by atoms with E-state index in [9.17, 15) is 9.59 Å². The second-order valence-corrected chi connectivity index (χ2v) is 4.64. The van der Waals surface area contributed by atoms with Gasteiger partial charge in [-0.2, -0.15) is 0 Å². The van der Waals surface area contributed by atoms with Crippen LogP contribution in [0.15, 0.2) is 23.9 Å². The summed E-state index contributed by atoms with van der Waals surface area (Å²) in [6.07, 6.45) is 1.58. The molecule has 0 unspecified atom stereocenters. The Morgan fingerprint density at radius 3 is 2.90 bits per heavy atom. The van der Waals surface area contributed by atoms with E-state index in [1.165, 1.54) is 11.8 Å². The average molecular weight is 290 g/mol. The standard InChI is InChI=1S/C13H10N2O4S/c1-7(16)15-9(12(17)14-13(15)20)4-8-2-3-10-11(5-8)19-6-18-10/h2-5H,6H2,1H3,(H,14,17,20). The number of nitrogens with zero attached hydrogens (tertiary/aromatic N) is 1. The molecule has 0 aliphatic carbocycles. The molecule has 2 amide bonds. The van der Waals surface area contributed by atoms with Crippen molar-refractivity contribution in [2.75, 3.05) is 6.79 Å². The minimum absolute atomic E-state index is 0.0921. The van der Waals surface area contributed by atoms with Gasteiger partial charge in [0, 0.05) is 6.92 Å². The molecular formula is C13H10N2O4S. The Hall–Kier alpha value is -2.41. The maximum atomic E-state index is 11.8. The second kappa shape index (κ2) is 4.61. The van der Waals surface area contributed by atoms with Crippen LogP contribution in [-0.2, 0) is 9.59 Å². The molecule has 6 nitrogen and oxygen atoms in total. The number of fused-ring (bicyclic) bond motifs is 1. The predicted molar refractivity (Wildman–Crippen MR) is 73.8 cm³/mol. The van der Waals surface area contributed by atoms with Gasteiger partial charge in [-0.1, -0.05) is 6.07 Å². The molecule has 0 saturated carbocycles. The first-order chi connectivity index (χ1) is 9.56. The van der Waals surface area contributed by atoms with Crippen LogP contribution in [0.25, 0.3) is 6.08 Å². The Morgan fingerprint density at radius 1 is 1.40 bits per heavy atom. The Labute approximate surface area is 120 Å². The molecule has 2 aliphatic heterocycles. The van der Waals surface area contributed by atoms with Crippen molar-refractivity contribution < 1.29 is 19.1 Å². The number of hydrogen-bond donors (Lipinski definition) is 1. The molecule has 2 heterocycles. The molecule has 0 spiro atoms. The summed E-state index contributed by atoms with van der Waals surface area (Å²) in [5, 5.41) is 2.54. The Balaban J connectivity index is 2.00. The average Bonchev–Trinajstić information content (AvgIpc) is 2.94. The van der Waals surface area contributed by atoms with Gasteiger partial charge in [0.2, 0.25) is 12.7 Å². The minimum Gasteiger partial charge on any atom is -0.454 e. The van der Waals surface area contributed by atoms with Crippen molar-refractivity contribution in [1.82, 2.24) is 10.2 Å². The first-order valence-corrected chi connectivity index (χ1v) is 6.24. The quantitative estimate of drug-likeness (QED) is 0.618. The van der Waals surface area contributed by atoms with E-state index in [-0.39, 0.29) is 23.5 Å². The normalized spacial score (nSPS) is 18.6. The van der Waals surface area contributed by atoms with Crippen LogP contribution in [0.1, 0.15) is 12.5 Å². The zero-order chi connectivity index (χ0) is 14.3. The lowest BCUT2D eigenvalue weighted by molar-refractivity contribution is -0.125. The summed E-state index contributed by atoms with van der Waals surface area (Å²) in [5.74, 6) is 0.542. The van der Waals surface area contributed by atoms with Crippen molar-refractivity contribution in [3.63, 3.8) is 0 Å².